The Labute approximate surface area is 117 Å². The van der Waals surface area contributed by atoms with Gasteiger partial charge in [-0.05, 0) is 19.8 Å². The van der Waals surface area contributed by atoms with Gasteiger partial charge in [0.05, 0.1) is 12.7 Å². The van der Waals surface area contributed by atoms with E-state index in [4.69, 9.17) is 10.5 Å². The molecule has 20 heavy (non-hydrogen) atoms. The number of epoxide rings is 1. The van der Waals surface area contributed by atoms with Gasteiger partial charge >= 0.3 is 0 Å². The summed E-state index contributed by atoms with van der Waals surface area (Å²) in [4.78, 5) is 24.8. The molecule has 1 aromatic rings. The molecule has 0 bridgehead atoms. The molecule has 1 heterocycles. The lowest BCUT2D eigenvalue weighted by Crippen LogP contribution is -2.28. The maximum atomic E-state index is 12.5. The molecular weight excluding hydrogens is 254 g/mol. The number of carbonyl (C=O) groups excluding carboxylic acids is 2. The first-order valence-corrected chi connectivity index (χ1v) is 6.83. The second-order valence-electron chi connectivity index (χ2n) is 5.46. The van der Waals surface area contributed by atoms with Crippen molar-refractivity contribution in [2.24, 2.45) is 5.73 Å². The van der Waals surface area contributed by atoms with Gasteiger partial charge in [-0.3, -0.25) is 9.59 Å². The molecule has 2 atom stereocenters. The zero-order chi connectivity index (χ0) is 14.3. The van der Waals surface area contributed by atoms with Gasteiger partial charge in [0.15, 0.2) is 11.6 Å². The van der Waals surface area contributed by atoms with E-state index in [0.29, 0.717) is 28.7 Å². The van der Waals surface area contributed by atoms with Crippen molar-refractivity contribution in [1.29, 1.82) is 0 Å². The fraction of sp³-hybridized carbons (Fsp3) is 0.375. The van der Waals surface area contributed by atoms with Gasteiger partial charge in [-0.25, -0.2) is 0 Å². The van der Waals surface area contributed by atoms with Gasteiger partial charge < -0.3 is 10.5 Å². The van der Waals surface area contributed by atoms with Gasteiger partial charge in [0.1, 0.15) is 0 Å². The molecule has 2 unspecified atom stereocenters. The van der Waals surface area contributed by atoms with Crippen molar-refractivity contribution in [2.45, 2.75) is 31.9 Å². The summed E-state index contributed by atoms with van der Waals surface area (Å²) in [7, 11) is 0. The van der Waals surface area contributed by atoms with E-state index < -0.39 is 0 Å². The monoisotopic (exact) mass is 271 g/mol. The molecule has 104 valence electrons. The van der Waals surface area contributed by atoms with Crippen LogP contribution in [0.3, 0.4) is 0 Å². The van der Waals surface area contributed by atoms with Crippen LogP contribution >= 0.6 is 0 Å². The van der Waals surface area contributed by atoms with Gasteiger partial charge in [-0.1, -0.05) is 24.3 Å². The topological polar surface area (TPSA) is 72.7 Å². The highest BCUT2D eigenvalue weighted by Crippen LogP contribution is 2.29. The van der Waals surface area contributed by atoms with Gasteiger partial charge in [-0.2, -0.15) is 0 Å². The lowest BCUT2D eigenvalue weighted by molar-refractivity contribution is 0.0970. The Morgan fingerprint density at radius 2 is 1.85 bits per heavy atom. The molecule has 1 aliphatic carbocycles. The number of ketones is 2. The second kappa shape index (κ2) is 4.96. The van der Waals surface area contributed by atoms with Gasteiger partial charge in [0.2, 0.25) is 0 Å². The summed E-state index contributed by atoms with van der Waals surface area (Å²) in [5.41, 5.74) is 8.13. The van der Waals surface area contributed by atoms with Crippen molar-refractivity contribution < 1.29 is 14.3 Å². The lowest BCUT2D eigenvalue weighted by atomic mass is 9.82. The Balaban J connectivity index is 1.88. The molecule has 0 saturated carbocycles. The third-order valence-electron chi connectivity index (χ3n) is 3.92. The molecule has 2 N–H and O–H groups in total. The molecule has 2 aliphatic rings. The molecule has 1 saturated heterocycles. The molecule has 0 amide bonds. The summed E-state index contributed by atoms with van der Waals surface area (Å²) in [6, 6.07) is 6.82. The van der Waals surface area contributed by atoms with E-state index in [-0.39, 0.29) is 23.7 Å². The van der Waals surface area contributed by atoms with E-state index >= 15 is 0 Å². The van der Waals surface area contributed by atoms with E-state index in [1.165, 1.54) is 0 Å². The summed E-state index contributed by atoms with van der Waals surface area (Å²) in [5, 5.41) is 0. The average Bonchev–Trinajstić information content (AvgIpc) is 3.25. The number of benzene rings is 1. The maximum Gasteiger partial charge on any atom is 0.190 e. The van der Waals surface area contributed by atoms with Crippen molar-refractivity contribution in [3.63, 3.8) is 0 Å². The van der Waals surface area contributed by atoms with Gasteiger partial charge in [-0.15, -0.1) is 0 Å². The van der Waals surface area contributed by atoms with Crippen LogP contribution in [-0.2, 0) is 4.74 Å². The molecule has 1 aliphatic heterocycles. The number of fused-ring (bicyclic) bond motifs is 1. The number of nitrogens with two attached hydrogens (primary N) is 1. The number of carbonyl (C=O) groups is 2. The van der Waals surface area contributed by atoms with Crippen LogP contribution in [0.5, 0.6) is 0 Å². The number of Topliss-reactive ketones (excluding diaryl/α,β-unsaturated/α-hetero) is 2. The first kappa shape index (κ1) is 13.2. The van der Waals surface area contributed by atoms with Crippen LogP contribution in [0, 0.1) is 0 Å². The van der Waals surface area contributed by atoms with Crippen LogP contribution in [0.25, 0.3) is 0 Å². The molecule has 4 nitrogen and oxygen atoms in total. The van der Waals surface area contributed by atoms with Crippen molar-refractivity contribution in [3.8, 4) is 0 Å². The Morgan fingerprint density at radius 1 is 1.25 bits per heavy atom. The highest BCUT2D eigenvalue weighted by molar-refractivity contribution is 6.26. The quantitative estimate of drug-likeness (QED) is 0.849. The van der Waals surface area contributed by atoms with E-state index in [0.717, 1.165) is 13.0 Å². The fourth-order valence-corrected chi connectivity index (χ4v) is 2.68. The number of rotatable bonds is 4. The summed E-state index contributed by atoms with van der Waals surface area (Å²) in [5.74, 6) is -0.130. The van der Waals surface area contributed by atoms with E-state index in [9.17, 15) is 9.59 Å². The summed E-state index contributed by atoms with van der Waals surface area (Å²) >= 11 is 0. The van der Waals surface area contributed by atoms with Crippen LogP contribution in [0.2, 0.25) is 0 Å². The van der Waals surface area contributed by atoms with Crippen LogP contribution in [-0.4, -0.2) is 30.3 Å². The fourth-order valence-electron chi connectivity index (χ4n) is 2.68. The molecule has 0 radical (unpaired) electrons. The van der Waals surface area contributed by atoms with Crippen molar-refractivity contribution in [3.05, 3.63) is 46.5 Å². The lowest BCUT2D eigenvalue weighted by Gasteiger charge is -2.21. The first-order valence-electron chi connectivity index (χ1n) is 6.83. The first-order chi connectivity index (χ1) is 9.58. The molecule has 1 aromatic carbocycles. The highest BCUT2D eigenvalue weighted by atomic mass is 16.6. The number of hydrogen-bond donors (Lipinski definition) is 1. The summed E-state index contributed by atoms with van der Waals surface area (Å²) < 4.78 is 5.15. The van der Waals surface area contributed by atoms with E-state index in [1.807, 2.05) is 0 Å². The zero-order valence-corrected chi connectivity index (χ0v) is 11.4. The highest BCUT2D eigenvalue weighted by Gasteiger charge is 2.32. The molecule has 1 fully saturated rings. The smallest absolute Gasteiger partial charge is 0.190 e. The van der Waals surface area contributed by atoms with Gasteiger partial charge in [0.25, 0.3) is 0 Å². The zero-order valence-electron chi connectivity index (χ0n) is 11.4. The third kappa shape index (κ3) is 2.32. The van der Waals surface area contributed by atoms with Crippen LogP contribution < -0.4 is 5.73 Å². The summed E-state index contributed by atoms with van der Waals surface area (Å²) in [6.07, 6.45) is 1.40. The van der Waals surface area contributed by atoms with E-state index in [2.05, 4.69) is 0 Å². The van der Waals surface area contributed by atoms with Crippen molar-refractivity contribution in [2.75, 3.05) is 6.61 Å². The molecule has 0 aromatic heterocycles. The molecule has 0 spiro atoms. The van der Waals surface area contributed by atoms with Crippen molar-refractivity contribution >= 4 is 11.6 Å². The predicted octanol–water partition coefficient (Wildman–Crippen LogP) is 1.89. The minimum Gasteiger partial charge on any atom is -0.373 e. The Kier molecular flexibility index (Phi) is 3.28. The standard InChI is InChI=1S/C16H17NO3/c1-9-14(7-10(17)6-11-8-20-11)16(19)13-5-3-2-4-12(13)15(9)18/h2-5,10-11H,6-8,17H2,1H3. The largest absolute Gasteiger partial charge is 0.373 e. The third-order valence-corrected chi connectivity index (χ3v) is 3.92. The van der Waals surface area contributed by atoms with Crippen LogP contribution in [0.15, 0.2) is 35.4 Å². The SMILES string of the molecule is CC1=C(CC(N)CC2CO2)C(=O)c2ccccc2C1=O. The number of ether oxygens (including phenoxy) is 1. The normalized spacial score (nSPS) is 22.8. The number of allylic oxidation sites excluding steroid dienone is 1. The van der Waals surface area contributed by atoms with E-state index in [1.54, 1.807) is 31.2 Å². The van der Waals surface area contributed by atoms with Crippen LogP contribution in [0.1, 0.15) is 40.5 Å². The molecule has 3 rings (SSSR count). The Bertz CT molecular complexity index is 614. The van der Waals surface area contributed by atoms with Crippen molar-refractivity contribution in [1.82, 2.24) is 0 Å². The average molecular weight is 271 g/mol. The Hall–Kier alpha value is -1.78. The second-order valence-corrected chi connectivity index (χ2v) is 5.46. The summed E-state index contributed by atoms with van der Waals surface area (Å²) in [6.45, 7) is 2.47. The van der Waals surface area contributed by atoms with Gasteiger partial charge in [0, 0.05) is 28.3 Å². The predicted molar refractivity (Wildman–Crippen MR) is 74.8 cm³/mol. The Morgan fingerprint density at radius 3 is 2.45 bits per heavy atom. The molecule has 4 heteroatoms. The maximum absolute atomic E-state index is 12.5. The molecular formula is C16H17NO3. The number of hydrogen-bond acceptors (Lipinski definition) is 4. The minimum absolute atomic E-state index is 0.0647. The van der Waals surface area contributed by atoms with Crippen LogP contribution in [0.4, 0.5) is 0 Å². The minimum atomic E-state index is -0.144.